The molecule has 0 aliphatic carbocycles. The van der Waals surface area contributed by atoms with E-state index in [-0.39, 0.29) is 12.5 Å². The molecular weight excluding hydrogens is 318 g/mol. The average Bonchev–Trinajstić information content (AvgIpc) is 2.65. The minimum absolute atomic E-state index is 0.172. The van der Waals surface area contributed by atoms with Crippen LogP contribution in [0, 0.1) is 12.3 Å². The van der Waals surface area contributed by atoms with E-state index in [1.54, 1.807) is 7.11 Å². The van der Waals surface area contributed by atoms with Gasteiger partial charge in [-0.3, -0.25) is 9.59 Å². The number of carboxylic acids is 1. The van der Waals surface area contributed by atoms with Gasteiger partial charge in [0.2, 0.25) is 0 Å². The summed E-state index contributed by atoms with van der Waals surface area (Å²) in [7, 11) is 1.59. The molecule has 0 aliphatic rings. The van der Waals surface area contributed by atoms with Gasteiger partial charge in [-0.25, -0.2) is 0 Å². The fourth-order valence-corrected chi connectivity index (χ4v) is 2.62. The number of amides is 1. The maximum atomic E-state index is 12.0. The molecular formula is C20H19NO4. The molecule has 0 aliphatic heterocycles. The van der Waals surface area contributed by atoms with E-state index in [0.29, 0.717) is 0 Å². The predicted molar refractivity (Wildman–Crippen MR) is 94.3 cm³/mol. The van der Waals surface area contributed by atoms with Crippen LogP contribution in [0.1, 0.15) is 17.0 Å². The number of carbonyl (C=O) groups is 2. The van der Waals surface area contributed by atoms with Crippen LogP contribution in [0.3, 0.4) is 0 Å². The number of hydrogen-bond acceptors (Lipinski definition) is 3. The zero-order chi connectivity index (χ0) is 18.2. The summed E-state index contributed by atoms with van der Waals surface area (Å²) in [5.41, 5.74) is 1.90. The second-order valence-electron chi connectivity index (χ2n) is 5.46. The summed E-state index contributed by atoms with van der Waals surface area (Å²) in [6, 6.07) is 17.0. The summed E-state index contributed by atoms with van der Waals surface area (Å²) >= 11 is 0. The summed E-state index contributed by atoms with van der Waals surface area (Å²) in [6.07, 6.45) is 5.19. The van der Waals surface area contributed by atoms with E-state index in [2.05, 4.69) is 0 Å². The topological polar surface area (TPSA) is 66.8 Å². The molecule has 25 heavy (non-hydrogen) atoms. The lowest BCUT2D eigenvalue weighted by molar-refractivity contribution is -0.142. The highest BCUT2D eigenvalue weighted by Crippen LogP contribution is 2.27. The van der Waals surface area contributed by atoms with Gasteiger partial charge in [-0.15, -0.1) is 6.42 Å². The molecule has 0 heterocycles. The van der Waals surface area contributed by atoms with Crippen LogP contribution in [0.5, 0.6) is 5.75 Å². The van der Waals surface area contributed by atoms with Gasteiger partial charge >= 0.3 is 5.97 Å². The number of hydrogen-bond donors (Lipinski definition) is 1. The molecule has 0 bridgehead atoms. The molecule has 5 nitrogen and oxygen atoms in total. The molecule has 2 aromatic rings. The lowest BCUT2D eigenvalue weighted by Gasteiger charge is -2.26. The Morgan fingerprint density at radius 2 is 1.72 bits per heavy atom. The number of carbonyl (C=O) groups excluding carboxylic acids is 1. The molecule has 0 saturated heterocycles. The van der Waals surface area contributed by atoms with Crippen LogP contribution in [0.25, 0.3) is 0 Å². The fraction of sp³-hybridized carbons (Fsp3) is 0.200. The summed E-state index contributed by atoms with van der Waals surface area (Å²) in [5.74, 6) is 0.768. The second-order valence-corrected chi connectivity index (χ2v) is 5.46. The van der Waals surface area contributed by atoms with Crippen molar-refractivity contribution >= 4 is 11.9 Å². The Labute approximate surface area is 146 Å². The molecule has 1 atom stereocenters. The highest BCUT2D eigenvalue weighted by Gasteiger charge is 2.22. The van der Waals surface area contributed by atoms with E-state index in [1.165, 1.54) is 4.90 Å². The minimum atomic E-state index is -1.11. The van der Waals surface area contributed by atoms with E-state index in [1.807, 2.05) is 60.5 Å². The van der Waals surface area contributed by atoms with E-state index < -0.39 is 18.4 Å². The van der Waals surface area contributed by atoms with Crippen molar-refractivity contribution in [3.8, 4) is 18.1 Å². The maximum Gasteiger partial charge on any atom is 0.323 e. The van der Waals surface area contributed by atoms with Crippen LogP contribution in [0.15, 0.2) is 54.6 Å². The van der Waals surface area contributed by atoms with Crippen LogP contribution < -0.4 is 4.74 Å². The Balaban J connectivity index is 2.38. The number of nitrogens with zero attached hydrogens (tertiary/aromatic N) is 1. The van der Waals surface area contributed by atoms with Crippen molar-refractivity contribution in [1.29, 1.82) is 0 Å². The highest BCUT2D eigenvalue weighted by atomic mass is 16.5. The van der Waals surface area contributed by atoms with Gasteiger partial charge in [0.05, 0.1) is 7.11 Å². The summed E-state index contributed by atoms with van der Waals surface area (Å²) in [6.45, 7) is -0.270. The smallest absolute Gasteiger partial charge is 0.323 e. The van der Waals surface area contributed by atoms with Gasteiger partial charge in [0, 0.05) is 12.5 Å². The SMILES string of the molecule is C#CC(=O)N(CC(=O)O)CC(c1ccccc1)c1ccc(OC)cc1. The van der Waals surface area contributed by atoms with Gasteiger partial charge in [-0.05, 0) is 29.2 Å². The summed E-state index contributed by atoms with van der Waals surface area (Å²) in [5, 5.41) is 9.07. The van der Waals surface area contributed by atoms with Crippen molar-refractivity contribution in [1.82, 2.24) is 4.90 Å². The number of methoxy groups -OCH3 is 1. The molecule has 128 valence electrons. The maximum absolute atomic E-state index is 12.0. The van der Waals surface area contributed by atoms with Gasteiger partial charge < -0.3 is 14.7 Å². The molecule has 1 N–H and O–H groups in total. The molecule has 5 heteroatoms. The number of carboxylic acid groups (broad SMARTS) is 1. The normalized spacial score (nSPS) is 11.2. The van der Waals surface area contributed by atoms with E-state index in [9.17, 15) is 9.59 Å². The Bertz CT molecular complexity index is 763. The Hall–Kier alpha value is -3.26. The van der Waals surface area contributed by atoms with Crippen molar-refractivity contribution in [2.24, 2.45) is 0 Å². The van der Waals surface area contributed by atoms with Gasteiger partial charge in [0.15, 0.2) is 0 Å². The number of rotatable bonds is 7. The molecule has 0 aromatic heterocycles. The van der Waals surface area contributed by atoms with E-state index >= 15 is 0 Å². The van der Waals surface area contributed by atoms with E-state index in [4.69, 9.17) is 16.3 Å². The number of benzene rings is 2. The first-order valence-corrected chi connectivity index (χ1v) is 7.71. The fourth-order valence-electron chi connectivity index (χ4n) is 2.62. The Morgan fingerprint density at radius 1 is 1.12 bits per heavy atom. The van der Waals surface area contributed by atoms with Crippen LogP contribution >= 0.6 is 0 Å². The Morgan fingerprint density at radius 3 is 2.24 bits per heavy atom. The molecule has 0 saturated carbocycles. The second kappa shape index (κ2) is 8.55. The predicted octanol–water partition coefficient (Wildman–Crippen LogP) is 2.37. The standard InChI is InChI=1S/C20H19NO4/c1-3-19(22)21(14-20(23)24)13-18(15-7-5-4-6-8-15)16-9-11-17(25-2)12-10-16/h1,4-12,18H,13-14H2,2H3,(H,23,24). The lowest BCUT2D eigenvalue weighted by atomic mass is 9.90. The van der Waals surface area contributed by atoms with Crippen molar-refractivity contribution in [2.75, 3.05) is 20.2 Å². The average molecular weight is 337 g/mol. The number of terminal acetylenes is 1. The third kappa shape index (κ3) is 4.85. The van der Waals surface area contributed by atoms with Crippen molar-refractivity contribution in [3.05, 3.63) is 65.7 Å². The number of ether oxygens (including phenoxy) is 1. The third-order valence-corrected chi connectivity index (χ3v) is 3.86. The van der Waals surface area contributed by atoms with Crippen LogP contribution in [0.2, 0.25) is 0 Å². The lowest BCUT2D eigenvalue weighted by Crippen LogP contribution is -2.38. The first-order valence-electron chi connectivity index (χ1n) is 7.71. The van der Waals surface area contributed by atoms with Crippen LogP contribution in [0.4, 0.5) is 0 Å². The molecule has 0 spiro atoms. The minimum Gasteiger partial charge on any atom is -0.497 e. The van der Waals surface area contributed by atoms with Crippen molar-refractivity contribution in [3.63, 3.8) is 0 Å². The number of aliphatic carboxylic acids is 1. The third-order valence-electron chi connectivity index (χ3n) is 3.86. The Kier molecular flexibility index (Phi) is 6.19. The van der Waals surface area contributed by atoms with Crippen molar-refractivity contribution in [2.45, 2.75) is 5.92 Å². The van der Waals surface area contributed by atoms with Gasteiger partial charge in [0.1, 0.15) is 12.3 Å². The first-order chi connectivity index (χ1) is 12.0. The zero-order valence-corrected chi connectivity index (χ0v) is 13.9. The van der Waals surface area contributed by atoms with Crippen LogP contribution in [-0.4, -0.2) is 42.1 Å². The highest BCUT2D eigenvalue weighted by molar-refractivity contribution is 5.94. The van der Waals surface area contributed by atoms with Gasteiger partial charge in [-0.2, -0.15) is 0 Å². The first kappa shape index (κ1) is 18.1. The molecule has 1 amide bonds. The molecule has 0 radical (unpaired) electrons. The summed E-state index contributed by atoms with van der Waals surface area (Å²) < 4.78 is 5.18. The van der Waals surface area contributed by atoms with Crippen molar-refractivity contribution < 1.29 is 19.4 Å². The summed E-state index contributed by atoms with van der Waals surface area (Å²) in [4.78, 5) is 24.2. The molecule has 0 fully saturated rings. The monoisotopic (exact) mass is 337 g/mol. The quantitative estimate of drug-likeness (QED) is 0.788. The zero-order valence-electron chi connectivity index (χ0n) is 13.9. The molecule has 2 aromatic carbocycles. The van der Waals surface area contributed by atoms with Gasteiger partial charge in [-0.1, -0.05) is 42.5 Å². The molecule has 1 unspecified atom stereocenters. The van der Waals surface area contributed by atoms with E-state index in [0.717, 1.165) is 16.9 Å². The van der Waals surface area contributed by atoms with Gasteiger partial charge in [0.25, 0.3) is 5.91 Å². The largest absolute Gasteiger partial charge is 0.497 e. The van der Waals surface area contributed by atoms with Crippen LogP contribution in [-0.2, 0) is 9.59 Å². The molecule has 2 rings (SSSR count).